The number of nitrogens with zero attached hydrogens (tertiary/aromatic N) is 3. The molecule has 10 nitrogen and oxygen atoms in total. The molecule has 2 amide bonds. The Morgan fingerprint density at radius 3 is 2.67 bits per heavy atom. The van der Waals surface area contributed by atoms with Crippen molar-refractivity contribution < 1.29 is 23.8 Å². The highest BCUT2D eigenvalue weighted by Gasteiger charge is 2.33. The fourth-order valence-corrected chi connectivity index (χ4v) is 5.21. The van der Waals surface area contributed by atoms with Crippen LogP contribution in [-0.2, 0) is 11.3 Å². The number of rotatable bonds is 2. The molecule has 6 bridgehead atoms. The third kappa shape index (κ3) is 6.12. The Kier molecular flexibility index (Phi) is 7.85. The van der Waals surface area contributed by atoms with Crippen molar-refractivity contribution in [2.75, 3.05) is 31.7 Å². The molecular formula is C32H31N5O5. The van der Waals surface area contributed by atoms with Crippen LogP contribution < -0.4 is 29.7 Å². The summed E-state index contributed by atoms with van der Waals surface area (Å²) in [6, 6.07) is 19.9. The molecule has 0 unspecified atom stereocenters. The highest BCUT2D eigenvalue weighted by atomic mass is 16.5. The van der Waals surface area contributed by atoms with E-state index in [0.717, 1.165) is 22.5 Å². The number of piperidine rings is 1. The van der Waals surface area contributed by atoms with Crippen molar-refractivity contribution in [1.29, 1.82) is 0 Å². The molecule has 2 N–H and O–H groups in total. The molecule has 0 aliphatic carbocycles. The molecule has 1 saturated heterocycles. The Morgan fingerprint density at radius 1 is 0.976 bits per heavy atom. The molecule has 3 aromatic carbocycles. The third-order valence-corrected chi connectivity index (χ3v) is 7.42. The van der Waals surface area contributed by atoms with Gasteiger partial charge in [-0.15, -0.1) is 0 Å². The first kappa shape index (κ1) is 27.1. The standard InChI is InChI=1S/C32H31N5O5/c1-40-28-10-7-23-16-26(28)22-3-2-4-25(15-22)41-20-31(38)35-17-21-5-8-24(9-6-21)42-29-11-14-37(19-27(29)36-32(23)39)30-18-33-12-13-34-30/h2-10,12-13,15-16,18,27,29H,11,14,17,19-20H2,1H3,(H,35,38)(H,36,39)/t27-,29-/m1/s1. The minimum atomic E-state index is -0.333. The number of nitrogens with one attached hydrogen (secondary N) is 2. The Morgan fingerprint density at radius 2 is 1.86 bits per heavy atom. The van der Waals surface area contributed by atoms with Crippen LogP contribution in [0.4, 0.5) is 5.82 Å². The van der Waals surface area contributed by atoms with Crippen molar-refractivity contribution in [3.05, 3.63) is 96.4 Å². The second-order valence-corrected chi connectivity index (χ2v) is 10.2. The summed E-state index contributed by atoms with van der Waals surface area (Å²) in [5.74, 6) is 2.11. The molecule has 1 aromatic heterocycles. The molecule has 0 saturated carbocycles. The molecule has 3 aliphatic rings. The predicted molar refractivity (Wildman–Crippen MR) is 157 cm³/mol. The van der Waals surface area contributed by atoms with Gasteiger partial charge in [-0.25, -0.2) is 4.98 Å². The van der Waals surface area contributed by atoms with Gasteiger partial charge in [0.1, 0.15) is 29.2 Å². The van der Waals surface area contributed by atoms with Crippen LogP contribution in [0.5, 0.6) is 17.2 Å². The number of carbonyl (C=O) groups is 2. The van der Waals surface area contributed by atoms with Crippen LogP contribution >= 0.6 is 0 Å². The molecule has 42 heavy (non-hydrogen) atoms. The maximum atomic E-state index is 13.7. The van der Waals surface area contributed by atoms with Gasteiger partial charge >= 0.3 is 0 Å². The van der Waals surface area contributed by atoms with Gasteiger partial charge in [0.25, 0.3) is 11.8 Å². The lowest BCUT2D eigenvalue weighted by molar-refractivity contribution is -0.123. The highest BCUT2D eigenvalue weighted by molar-refractivity contribution is 5.96. The number of methoxy groups -OCH3 is 1. The predicted octanol–water partition coefficient (Wildman–Crippen LogP) is 3.62. The number of ether oxygens (including phenoxy) is 3. The van der Waals surface area contributed by atoms with Gasteiger partial charge in [-0.3, -0.25) is 14.6 Å². The first-order chi connectivity index (χ1) is 20.6. The molecule has 0 spiro atoms. The molecule has 2 atom stereocenters. The summed E-state index contributed by atoms with van der Waals surface area (Å²) in [6.45, 7) is 1.44. The number of aromatic nitrogens is 2. The number of hydrogen-bond donors (Lipinski definition) is 2. The lowest BCUT2D eigenvalue weighted by Gasteiger charge is -2.39. The van der Waals surface area contributed by atoms with Crippen molar-refractivity contribution in [2.45, 2.75) is 25.1 Å². The van der Waals surface area contributed by atoms with E-state index in [9.17, 15) is 9.59 Å². The number of hydrogen-bond acceptors (Lipinski definition) is 8. The summed E-state index contributed by atoms with van der Waals surface area (Å²) in [4.78, 5) is 37.0. The average molecular weight is 566 g/mol. The molecule has 214 valence electrons. The van der Waals surface area contributed by atoms with Gasteiger partial charge in [-0.05, 0) is 53.6 Å². The smallest absolute Gasteiger partial charge is 0.258 e. The van der Waals surface area contributed by atoms with Crippen LogP contribution in [0.1, 0.15) is 22.3 Å². The van der Waals surface area contributed by atoms with Crippen LogP contribution in [0, 0.1) is 0 Å². The second kappa shape index (κ2) is 12.2. The zero-order valence-electron chi connectivity index (χ0n) is 23.2. The van der Waals surface area contributed by atoms with E-state index in [1.807, 2.05) is 42.5 Å². The molecule has 3 aliphatic heterocycles. The number of anilines is 1. The van der Waals surface area contributed by atoms with E-state index in [4.69, 9.17) is 14.2 Å². The maximum absolute atomic E-state index is 13.7. The third-order valence-electron chi connectivity index (χ3n) is 7.42. The fraction of sp³-hybridized carbons (Fsp3) is 0.250. The van der Waals surface area contributed by atoms with Gasteiger partial charge in [0.05, 0.1) is 19.3 Å². The average Bonchev–Trinajstić information content (AvgIpc) is 3.04. The van der Waals surface area contributed by atoms with Crippen LogP contribution in [0.15, 0.2) is 85.3 Å². The number of carbonyl (C=O) groups excluding carboxylic acids is 2. The quantitative estimate of drug-likeness (QED) is 0.379. The van der Waals surface area contributed by atoms with Gasteiger partial charge < -0.3 is 29.7 Å². The Hall–Kier alpha value is -5.12. The van der Waals surface area contributed by atoms with Crippen molar-refractivity contribution in [3.8, 4) is 28.4 Å². The largest absolute Gasteiger partial charge is 0.496 e. The van der Waals surface area contributed by atoms with Crippen molar-refractivity contribution in [1.82, 2.24) is 20.6 Å². The Bertz CT molecular complexity index is 1560. The number of benzene rings is 3. The Balaban J connectivity index is 1.35. The van der Waals surface area contributed by atoms with Crippen molar-refractivity contribution >= 4 is 17.6 Å². The molecular weight excluding hydrogens is 534 g/mol. The van der Waals surface area contributed by atoms with Crippen LogP contribution in [-0.4, -0.2) is 60.7 Å². The second-order valence-electron chi connectivity index (χ2n) is 10.2. The van der Waals surface area contributed by atoms with Crippen LogP contribution in [0.2, 0.25) is 0 Å². The summed E-state index contributed by atoms with van der Waals surface area (Å²) in [7, 11) is 1.59. The molecule has 0 radical (unpaired) electrons. The molecule has 1 fully saturated rings. The van der Waals surface area contributed by atoms with Gasteiger partial charge in [-0.2, -0.15) is 0 Å². The summed E-state index contributed by atoms with van der Waals surface area (Å²) in [5, 5.41) is 6.12. The highest BCUT2D eigenvalue weighted by Crippen LogP contribution is 2.33. The van der Waals surface area contributed by atoms with E-state index in [1.54, 1.807) is 50.0 Å². The van der Waals surface area contributed by atoms with Gasteiger partial charge in [-0.1, -0.05) is 24.3 Å². The number of amides is 2. The lowest BCUT2D eigenvalue weighted by Crippen LogP contribution is -2.57. The van der Waals surface area contributed by atoms with E-state index in [2.05, 4.69) is 25.5 Å². The fourth-order valence-electron chi connectivity index (χ4n) is 5.21. The Labute approximate surface area is 243 Å². The zero-order valence-corrected chi connectivity index (χ0v) is 23.2. The normalized spacial score (nSPS) is 18.9. The van der Waals surface area contributed by atoms with E-state index >= 15 is 0 Å². The van der Waals surface area contributed by atoms with Crippen molar-refractivity contribution in [2.24, 2.45) is 0 Å². The molecule has 4 aromatic rings. The topological polar surface area (TPSA) is 115 Å². The summed E-state index contributed by atoms with van der Waals surface area (Å²) < 4.78 is 17.8. The first-order valence-electron chi connectivity index (χ1n) is 13.8. The van der Waals surface area contributed by atoms with E-state index in [0.29, 0.717) is 48.9 Å². The van der Waals surface area contributed by atoms with E-state index < -0.39 is 0 Å². The van der Waals surface area contributed by atoms with Gasteiger partial charge in [0.15, 0.2) is 6.61 Å². The zero-order chi connectivity index (χ0) is 28.9. The summed E-state index contributed by atoms with van der Waals surface area (Å²) in [5.41, 5.74) is 2.93. The summed E-state index contributed by atoms with van der Waals surface area (Å²) in [6.07, 6.45) is 5.41. The van der Waals surface area contributed by atoms with E-state index in [1.165, 1.54) is 0 Å². The van der Waals surface area contributed by atoms with Crippen LogP contribution in [0.25, 0.3) is 11.1 Å². The van der Waals surface area contributed by atoms with Gasteiger partial charge in [0.2, 0.25) is 0 Å². The molecule has 7 rings (SSSR count). The molecule has 4 heterocycles. The lowest BCUT2D eigenvalue weighted by atomic mass is 9.99. The molecule has 10 heteroatoms. The monoisotopic (exact) mass is 565 g/mol. The first-order valence-corrected chi connectivity index (χ1v) is 13.8. The SMILES string of the molecule is COc1ccc2cc1-c1cccc(c1)OCC(=O)NCc1ccc(cc1)O[C@@H]1CCN(c3cnccn3)C[C@H]1NC2=O. The minimum Gasteiger partial charge on any atom is -0.496 e. The maximum Gasteiger partial charge on any atom is 0.258 e. The number of fused-ring (bicyclic) bond motifs is 7. The summed E-state index contributed by atoms with van der Waals surface area (Å²) >= 11 is 0. The van der Waals surface area contributed by atoms with E-state index in [-0.39, 0.29) is 30.6 Å². The minimum absolute atomic E-state index is 0.126. The van der Waals surface area contributed by atoms with Crippen molar-refractivity contribution in [3.63, 3.8) is 0 Å². The van der Waals surface area contributed by atoms with Crippen LogP contribution in [0.3, 0.4) is 0 Å². The van der Waals surface area contributed by atoms with Gasteiger partial charge in [0, 0.05) is 49.6 Å².